The van der Waals surface area contributed by atoms with Crippen LogP contribution in [0.5, 0.6) is 0 Å². The Labute approximate surface area is 164 Å². The van der Waals surface area contributed by atoms with Crippen molar-refractivity contribution >= 4 is 21.9 Å². The van der Waals surface area contributed by atoms with Crippen LogP contribution >= 0.6 is 0 Å². The van der Waals surface area contributed by atoms with Crippen LogP contribution in [0.3, 0.4) is 0 Å². The van der Waals surface area contributed by atoms with Gasteiger partial charge in [-0.3, -0.25) is 14.1 Å². The maximum Gasteiger partial charge on any atom is 0.329 e. The lowest BCUT2D eigenvalue weighted by Gasteiger charge is -2.23. The Kier molecular flexibility index (Phi) is 4.16. The zero-order chi connectivity index (χ0) is 20.1. The molecule has 0 spiro atoms. The predicted octanol–water partition coefficient (Wildman–Crippen LogP) is 3.58. The summed E-state index contributed by atoms with van der Waals surface area (Å²) in [5, 5.41) is 0.659. The fourth-order valence-electron chi connectivity index (χ4n) is 4.07. The Morgan fingerprint density at radius 1 is 1.17 bits per heavy atom. The Bertz CT molecular complexity index is 1290. The first-order chi connectivity index (χ1) is 14.0. The van der Waals surface area contributed by atoms with Gasteiger partial charge in [0.1, 0.15) is 5.82 Å². The molecule has 0 amide bonds. The summed E-state index contributed by atoms with van der Waals surface area (Å²) in [5.74, 6) is -1.11. The molecule has 29 heavy (non-hydrogen) atoms. The van der Waals surface area contributed by atoms with Gasteiger partial charge in [-0.25, -0.2) is 14.2 Å². The molecule has 4 aromatic rings. The van der Waals surface area contributed by atoms with E-state index in [9.17, 15) is 13.6 Å². The lowest BCUT2D eigenvalue weighted by Crippen LogP contribution is -2.31. The maximum atomic E-state index is 14.8. The van der Waals surface area contributed by atoms with Gasteiger partial charge in [-0.1, -0.05) is 0 Å². The number of halogens is 2. The van der Waals surface area contributed by atoms with Crippen LogP contribution in [-0.4, -0.2) is 32.3 Å². The van der Waals surface area contributed by atoms with Gasteiger partial charge in [0.15, 0.2) is 0 Å². The Morgan fingerprint density at radius 2 is 2.03 bits per heavy atom. The first-order valence-electron chi connectivity index (χ1n) is 9.43. The molecule has 148 valence electrons. The lowest BCUT2D eigenvalue weighted by molar-refractivity contribution is 0.0593. The van der Waals surface area contributed by atoms with Crippen LogP contribution in [0.1, 0.15) is 18.9 Å². The summed E-state index contributed by atoms with van der Waals surface area (Å²) in [6, 6.07) is 5.58. The summed E-state index contributed by atoms with van der Waals surface area (Å²) in [5.41, 5.74) is 2.40. The quantitative estimate of drug-likeness (QED) is 0.486. The maximum absolute atomic E-state index is 14.8. The SMILES string of the molecule is Cn1c(=O)n(C2CCCOC2)c2c3cc(-c4ccc(F)nc4)c(F)cc3ncc21. The molecule has 6 nitrogen and oxygen atoms in total. The van der Waals surface area contributed by atoms with Crippen molar-refractivity contribution in [2.75, 3.05) is 13.2 Å². The van der Waals surface area contributed by atoms with Crippen molar-refractivity contribution in [3.8, 4) is 11.1 Å². The molecule has 1 atom stereocenters. The second kappa shape index (κ2) is 6.73. The number of nitrogens with zero attached hydrogens (tertiary/aromatic N) is 4. The van der Waals surface area contributed by atoms with E-state index in [1.165, 1.54) is 24.4 Å². The molecular formula is C21H18F2N4O2. The van der Waals surface area contributed by atoms with E-state index in [0.29, 0.717) is 40.7 Å². The molecule has 1 aliphatic heterocycles. The zero-order valence-corrected chi connectivity index (χ0v) is 15.7. The second-order valence-corrected chi connectivity index (χ2v) is 7.29. The monoisotopic (exact) mass is 396 g/mol. The van der Waals surface area contributed by atoms with Crippen LogP contribution < -0.4 is 5.69 Å². The summed E-state index contributed by atoms with van der Waals surface area (Å²) < 4.78 is 36.9. The number of rotatable bonds is 2. The molecule has 0 radical (unpaired) electrons. The minimum absolute atomic E-state index is 0.0912. The van der Waals surface area contributed by atoms with Crippen molar-refractivity contribution in [2.24, 2.45) is 7.05 Å². The third kappa shape index (κ3) is 2.82. The molecule has 1 saturated heterocycles. The predicted molar refractivity (Wildman–Crippen MR) is 105 cm³/mol. The van der Waals surface area contributed by atoms with Gasteiger partial charge in [-0.05, 0) is 31.0 Å². The Hall–Kier alpha value is -3.13. The molecule has 0 bridgehead atoms. The zero-order valence-electron chi connectivity index (χ0n) is 15.7. The van der Waals surface area contributed by atoms with Gasteiger partial charge in [0.05, 0.1) is 35.4 Å². The van der Waals surface area contributed by atoms with E-state index in [-0.39, 0.29) is 17.3 Å². The van der Waals surface area contributed by atoms with E-state index in [1.54, 1.807) is 28.4 Å². The van der Waals surface area contributed by atoms with Gasteiger partial charge in [-0.15, -0.1) is 0 Å². The first-order valence-corrected chi connectivity index (χ1v) is 9.43. The van der Waals surface area contributed by atoms with Crippen molar-refractivity contribution in [2.45, 2.75) is 18.9 Å². The van der Waals surface area contributed by atoms with Crippen molar-refractivity contribution in [1.82, 2.24) is 19.1 Å². The summed E-state index contributed by atoms with van der Waals surface area (Å²) >= 11 is 0. The molecule has 4 heterocycles. The average molecular weight is 396 g/mol. The highest BCUT2D eigenvalue weighted by molar-refractivity contribution is 6.04. The highest BCUT2D eigenvalue weighted by Gasteiger charge is 2.24. The van der Waals surface area contributed by atoms with Gasteiger partial charge in [-0.2, -0.15) is 4.39 Å². The molecular weight excluding hydrogens is 378 g/mol. The van der Waals surface area contributed by atoms with Gasteiger partial charge in [0.2, 0.25) is 5.95 Å². The van der Waals surface area contributed by atoms with Crippen molar-refractivity contribution < 1.29 is 13.5 Å². The van der Waals surface area contributed by atoms with Gasteiger partial charge >= 0.3 is 5.69 Å². The Balaban J connectivity index is 1.83. The smallest absolute Gasteiger partial charge is 0.329 e. The molecule has 0 saturated carbocycles. The Morgan fingerprint density at radius 3 is 2.76 bits per heavy atom. The number of benzene rings is 1. The van der Waals surface area contributed by atoms with Gasteiger partial charge in [0, 0.05) is 42.4 Å². The van der Waals surface area contributed by atoms with E-state index in [4.69, 9.17) is 4.74 Å². The number of hydrogen-bond acceptors (Lipinski definition) is 4. The van der Waals surface area contributed by atoms with Crippen molar-refractivity contribution in [3.63, 3.8) is 0 Å². The fraction of sp³-hybridized carbons (Fsp3) is 0.286. The van der Waals surface area contributed by atoms with E-state index in [1.807, 2.05) is 0 Å². The number of ether oxygens (including phenoxy) is 1. The van der Waals surface area contributed by atoms with Crippen LogP contribution in [0.2, 0.25) is 0 Å². The lowest BCUT2D eigenvalue weighted by atomic mass is 10.0. The van der Waals surface area contributed by atoms with Crippen LogP contribution in [0.4, 0.5) is 8.78 Å². The number of aromatic nitrogens is 4. The first kappa shape index (κ1) is 17.9. The minimum Gasteiger partial charge on any atom is -0.379 e. The summed E-state index contributed by atoms with van der Waals surface area (Å²) in [6.07, 6.45) is 4.59. The van der Waals surface area contributed by atoms with Crippen molar-refractivity contribution in [3.05, 3.63) is 58.9 Å². The molecule has 3 aromatic heterocycles. The standard InChI is InChI=1S/C21H18F2N4O2/c1-26-18-10-24-17-8-16(22)14(12-4-5-19(23)25-9-12)7-15(17)20(18)27(21(26)28)13-3-2-6-29-11-13/h4-5,7-10,13H,2-3,6,11H2,1H3. The minimum atomic E-state index is -0.631. The number of imidazole rings is 1. The number of hydrogen-bond donors (Lipinski definition) is 0. The van der Waals surface area contributed by atoms with E-state index >= 15 is 0 Å². The average Bonchev–Trinajstić information content (AvgIpc) is 2.99. The number of fused-ring (bicyclic) bond motifs is 3. The van der Waals surface area contributed by atoms with Crippen LogP contribution in [0, 0.1) is 11.8 Å². The second-order valence-electron chi connectivity index (χ2n) is 7.29. The topological polar surface area (TPSA) is 61.9 Å². The van der Waals surface area contributed by atoms with Crippen molar-refractivity contribution in [1.29, 1.82) is 0 Å². The van der Waals surface area contributed by atoms with Gasteiger partial charge < -0.3 is 4.74 Å². The number of pyridine rings is 2. The van der Waals surface area contributed by atoms with E-state index in [2.05, 4.69) is 9.97 Å². The molecule has 5 rings (SSSR count). The number of aryl methyl sites for hydroxylation is 1. The fourth-order valence-corrected chi connectivity index (χ4v) is 4.07. The molecule has 1 unspecified atom stereocenters. The van der Waals surface area contributed by atoms with Crippen LogP contribution in [0.25, 0.3) is 33.1 Å². The highest BCUT2D eigenvalue weighted by Crippen LogP contribution is 2.32. The summed E-state index contributed by atoms with van der Waals surface area (Å²) in [6.45, 7) is 1.14. The molecule has 0 aliphatic carbocycles. The summed E-state index contributed by atoms with van der Waals surface area (Å²) in [4.78, 5) is 21.0. The van der Waals surface area contributed by atoms with E-state index in [0.717, 1.165) is 12.8 Å². The largest absolute Gasteiger partial charge is 0.379 e. The highest BCUT2D eigenvalue weighted by atomic mass is 19.1. The third-order valence-corrected chi connectivity index (χ3v) is 5.54. The molecule has 1 aliphatic rings. The van der Waals surface area contributed by atoms with Crippen LogP contribution in [-0.2, 0) is 11.8 Å². The van der Waals surface area contributed by atoms with Gasteiger partial charge in [0.25, 0.3) is 0 Å². The normalized spacial score (nSPS) is 17.3. The van der Waals surface area contributed by atoms with Crippen LogP contribution in [0.15, 0.2) is 41.5 Å². The molecule has 1 aromatic carbocycles. The third-order valence-electron chi connectivity index (χ3n) is 5.54. The van der Waals surface area contributed by atoms with E-state index < -0.39 is 11.8 Å². The molecule has 1 fully saturated rings. The molecule has 0 N–H and O–H groups in total. The molecule has 8 heteroatoms. The summed E-state index contributed by atoms with van der Waals surface area (Å²) in [7, 11) is 1.70.